The molecule has 1 aliphatic rings. The topological polar surface area (TPSA) is 68.0 Å². The lowest BCUT2D eigenvalue weighted by Crippen LogP contribution is -2.13. The molecule has 100 valence electrons. The summed E-state index contributed by atoms with van der Waals surface area (Å²) >= 11 is 1.74. The molecule has 3 N–H and O–H groups in total. The minimum absolute atomic E-state index is 0.0248. The number of anilines is 1. The third kappa shape index (κ3) is 2.93. The number of thiazole rings is 1. The van der Waals surface area contributed by atoms with Crippen LogP contribution in [0.4, 0.5) is 5.69 Å². The molecule has 1 saturated carbocycles. The zero-order valence-electron chi connectivity index (χ0n) is 10.7. The Labute approximate surface area is 116 Å². The molecule has 0 saturated heterocycles. The summed E-state index contributed by atoms with van der Waals surface area (Å²) in [6.07, 6.45) is 3.73. The van der Waals surface area contributed by atoms with Crippen LogP contribution in [0, 0.1) is 0 Å². The van der Waals surface area contributed by atoms with Crippen molar-refractivity contribution in [3.63, 3.8) is 0 Å². The molecule has 2 aromatic rings. The van der Waals surface area contributed by atoms with Gasteiger partial charge < -0.3 is 11.1 Å². The van der Waals surface area contributed by atoms with Crippen LogP contribution in [-0.2, 0) is 4.79 Å². The fourth-order valence-electron chi connectivity index (χ4n) is 2.01. The molecule has 1 amide bonds. The van der Waals surface area contributed by atoms with Gasteiger partial charge in [0.2, 0.25) is 5.91 Å². The molecule has 1 aromatic heterocycles. The van der Waals surface area contributed by atoms with Crippen LogP contribution in [0.25, 0.3) is 10.2 Å². The Morgan fingerprint density at radius 2 is 2.32 bits per heavy atom. The maximum Gasteiger partial charge on any atom is 0.224 e. The van der Waals surface area contributed by atoms with Gasteiger partial charge in [-0.2, -0.15) is 0 Å². The van der Waals surface area contributed by atoms with Gasteiger partial charge in [0.15, 0.2) is 0 Å². The highest BCUT2D eigenvalue weighted by Gasteiger charge is 2.26. The Hall–Kier alpha value is -1.46. The summed E-state index contributed by atoms with van der Waals surface area (Å²) in [5.74, 6) is 0.705. The summed E-state index contributed by atoms with van der Waals surface area (Å²) in [4.78, 5) is 16.3. The van der Waals surface area contributed by atoms with Crippen molar-refractivity contribution in [3.05, 3.63) is 23.2 Å². The van der Waals surface area contributed by atoms with E-state index in [-0.39, 0.29) is 5.91 Å². The van der Waals surface area contributed by atoms with Crippen LogP contribution >= 0.6 is 11.3 Å². The average Bonchev–Trinajstić information content (AvgIpc) is 3.16. The highest BCUT2D eigenvalue weighted by atomic mass is 32.1. The minimum atomic E-state index is 0.0248. The molecule has 1 aromatic carbocycles. The Morgan fingerprint density at radius 3 is 3.05 bits per heavy atom. The first-order valence-corrected chi connectivity index (χ1v) is 7.48. The van der Waals surface area contributed by atoms with Gasteiger partial charge >= 0.3 is 0 Å². The molecule has 1 fully saturated rings. The standard InChI is InChI=1S/C14H17N3OS/c15-7-1-2-13(18)16-10-5-6-11-12(8-10)19-14(17-11)9-3-4-9/h5-6,8-9H,1-4,7,15H2,(H,16,18). The first kappa shape index (κ1) is 12.6. The Balaban J connectivity index is 1.75. The number of hydrogen-bond donors (Lipinski definition) is 2. The summed E-state index contributed by atoms with van der Waals surface area (Å²) in [6.45, 7) is 0.548. The van der Waals surface area contributed by atoms with Crippen molar-refractivity contribution in [1.29, 1.82) is 0 Å². The second kappa shape index (κ2) is 5.27. The predicted molar refractivity (Wildman–Crippen MR) is 78.5 cm³/mol. The molecule has 0 unspecified atom stereocenters. The molecular formula is C14H17N3OS. The number of nitrogens with one attached hydrogen (secondary N) is 1. The number of fused-ring (bicyclic) bond motifs is 1. The summed E-state index contributed by atoms with van der Waals surface area (Å²) in [7, 11) is 0. The number of hydrogen-bond acceptors (Lipinski definition) is 4. The SMILES string of the molecule is NCCCC(=O)Nc1ccc2nc(C3CC3)sc2c1. The van der Waals surface area contributed by atoms with Gasteiger partial charge in [0.1, 0.15) is 0 Å². The van der Waals surface area contributed by atoms with E-state index < -0.39 is 0 Å². The fourth-order valence-corrected chi connectivity index (χ4v) is 3.19. The quantitative estimate of drug-likeness (QED) is 0.881. The van der Waals surface area contributed by atoms with Gasteiger partial charge in [-0.15, -0.1) is 11.3 Å². The molecule has 3 rings (SSSR count). The molecular weight excluding hydrogens is 258 g/mol. The second-order valence-electron chi connectivity index (χ2n) is 4.95. The average molecular weight is 275 g/mol. The lowest BCUT2D eigenvalue weighted by molar-refractivity contribution is -0.116. The number of nitrogens with zero attached hydrogens (tertiary/aromatic N) is 1. The van der Waals surface area contributed by atoms with Crippen molar-refractivity contribution < 1.29 is 4.79 Å². The third-order valence-corrected chi connectivity index (χ3v) is 4.40. The summed E-state index contributed by atoms with van der Waals surface area (Å²) in [5, 5.41) is 4.14. The van der Waals surface area contributed by atoms with Crippen LogP contribution in [0.5, 0.6) is 0 Å². The monoisotopic (exact) mass is 275 g/mol. The number of carbonyl (C=O) groups excluding carboxylic acids is 1. The second-order valence-corrected chi connectivity index (χ2v) is 6.01. The van der Waals surface area contributed by atoms with Crippen molar-refractivity contribution in [2.75, 3.05) is 11.9 Å². The molecule has 0 atom stereocenters. The van der Waals surface area contributed by atoms with Crippen LogP contribution in [0.3, 0.4) is 0 Å². The van der Waals surface area contributed by atoms with Gasteiger partial charge in [-0.1, -0.05) is 0 Å². The van der Waals surface area contributed by atoms with Crippen molar-refractivity contribution in [2.45, 2.75) is 31.6 Å². The van der Waals surface area contributed by atoms with Crippen LogP contribution in [-0.4, -0.2) is 17.4 Å². The number of aromatic nitrogens is 1. The molecule has 0 radical (unpaired) electrons. The summed E-state index contributed by atoms with van der Waals surface area (Å²) in [6, 6.07) is 5.91. The van der Waals surface area contributed by atoms with Gasteiger partial charge in [-0.05, 0) is 44.0 Å². The van der Waals surface area contributed by atoms with Crippen molar-refractivity contribution in [1.82, 2.24) is 4.98 Å². The molecule has 0 spiro atoms. The van der Waals surface area contributed by atoms with Crippen molar-refractivity contribution in [2.24, 2.45) is 5.73 Å². The Morgan fingerprint density at radius 1 is 1.47 bits per heavy atom. The first-order valence-electron chi connectivity index (χ1n) is 6.66. The summed E-state index contributed by atoms with van der Waals surface area (Å²) < 4.78 is 1.15. The van der Waals surface area contributed by atoms with E-state index in [1.165, 1.54) is 17.8 Å². The van der Waals surface area contributed by atoms with Crippen LogP contribution in [0.1, 0.15) is 36.6 Å². The normalized spacial score (nSPS) is 14.8. The first-order chi connectivity index (χ1) is 9.26. The van der Waals surface area contributed by atoms with Gasteiger partial charge in [0, 0.05) is 18.0 Å². The number of amides is 1. The van der Waals surface area contributed by atoms with Gasteiger partial charge in [0.25, 0.3) is 0 Å². The molecule has 0 aliphatic heterocycles. The Kier molecular flexibility index (Phi) is 3.48. The highest BCUT2D eigenvalue weighted by Crippen LogP contribution is 2.43. The van der Waals surface area contributed by atoms with Crippen LogP contribution in [0.15, 0.2) is 18.2 Å². The number of benzene rings is 1. The molecule has 1 aliphatic carbocycles. The molecule has 0 bridgehead atoms. The van der Waals surface area contributed by atoms with E-state index in [2.05, 4.69) is 10.3 Å². The molecule has 19 heavy (non-hydrogen) atoms. The van der Waals surface area contributed by atoms with E-state index in [1.54, 1.807) is 11.3 Å². The van der Waals surface area contributed by atoms with E-state index in [0.717, 1.165) is 22.3 Å². The maximum atomic E-state index is 11.7. The lowest BCUT2D eigenvalue weighted by Gasteiger charge is -2.04. The fraction of sp³-hybridized carbons (Fsp3) is 0.429. The lowest BCUT2D eigenvalue weighted by atomic mass is 10.2. The zero-order valence-corrected chi connectivity index (χ0v) is 11.5. The molecule has 1 heterocycles. The molecule has 4 nitrogen and oxygen atoms in total. The largest absolute Gasteiger partial charge is 0.330 e. The van der Waals surface area contributed by atoms with Gasteiger partial charge in [-0.25, -0.2) is 4.98 Å². The van der Waals surface area contributed by atoms with Crippen molar-refractivity contribution >= 4 is 33.1 Å². The van der Waals surface area contributed by atoms with E-state index in [4.69, 9.17) is 5.73 Å². The maximum absolute atomic E-state index is 11.7. The van der Waals surface area contributed by atoms with E-state index in [0.29, 0.717) is 18.9 Å². The third-order valence-electron chi connectivity index (χ3n) is 3.22. The van der Waals surface area contributed by atoms with Gasteiger partial charge in [-0.3, -0.25) is 4.79 Å². The number of carbonyl (C=O) groups is 1. The van der Waals surface area contributed by atoms with E-state index in [1.807, 2.05) is 18.2 Å². The minimum Gasteiger partial charge on any atom is -0.330 e. The van der Waals surface area contributed by atoms with E-state index in [9.17, 15) is 4.79 Å². The number of rotatable bonds is 5. The molecule has 5 heteroatoms. The highest BCUT2D eigenvalue weighted by molar-refractivity contribution is 7.18. The zero-order chi connectivity index (χ0) is 13.2. The van der Waals surface area contributed by atoms with Gasteiger partial charge in [0.05, 0.1) is 15.2 Å². The van der Waals surface area contributed by atoms with Crippen molar-refractivity contribution in [3.8, 4) is 0 Å². The van der Waals surface area contributed by atoms with Crippen LogP contribution < -0.4 is 11.1 Å². The smallest absolute Gasteiger partial charge is 0.224 e. The number of nitrogens with two attached hydrogens (primary N) is 1. The van der Waals surface area contributed by atoms with E-state index >= 15 is 0 Å². The predicted octanol–water partition coefficient (Wildman–Crippen LogP) is 2.85. The van der Waals surface area contributed by atoms with Crippen LogP contribution in [0.2, 0.25) is 0 Å². The summed E-state index contributed by atoms with van der Waals surface area (Å²) in [5.41, 5.74) is 7.28. The Bertz CT molecular complexity index is 604.